The Morgan fingerprint density at radius 1 is 1.52 bits per heavy atom. The standard InChI is InChI=1S/C16H13FN4OS/c17-10-3-1-2-9(6-10)11-7-12(11)15(22)19-14-13(8-18)21-4-5-23-16(21)20-14/h1-3,6,11-12H,4-5,7H2,(H,19,22)/t11-,12+/m1/s1. The van der Waals surface area contributed by atoms with Gasteiger partial charge in [0, 0.05) is 18.2 Å². The second-order valence-corrected chi connectivity index (χ2v) is 6.76. The molecular weight excluding hydrogens is 315 g/mol. The van der Waals surface area contributed by atoms with Crippen LogP contribution in [0.1, 0.15) is 23.6 Å². The van der Waals surface area contributed by atoms with Crippen molar-refractivity contribution in [3.05, 3.63) is 41.3 Å². The van der Waals surface area contributed by atoms with Crippen molar-refractivity contribution in [3.8, 4) is 6.07 Å². The Bertz CT molecular complexity index is 841. The summed E-state index contributed by atoms with van der Waals surface area (Å²) < 4.78 is 15.1. The molecule has 1 fully saturated rings. The van der Waals surface area contributed by atoms with Crippen molar-refractivity contribution in [1.82, 2.24) is 9.55 Å². The maximum Gasteiger partial charge on any atom is 0.229 e. The summed E-state index contributed by atoms with van der Waals surface area (Å²) in [4.78, 5) is 16.7. The van der Waals surface area contributed by atoms with Crippen LogP contribution in [-0.4, -0.2) is 21.2 Å². The molecule has 0 radical (unpaired) electrons. The number of hydrogen-bond donors (Lipinski definition) is 1. The molecule has 0 saturated heterocycles. The van der Waals surface area contributed by atoms with E-state index in [9.17, 15) is 14.4 Å². The zero-order chi connectivity index (χ0) is 16.0. The highest BCUT2D eigenvalue weighted by Crippen LogP contribution is 2.48. The number of imidazole rings is 1. The minimum atomic E-state index is -0.289. The summed E-state index contributed by atoms with van der Waals surface area (Å²) in [5.41, 5.74) is 1.25. The normalized spacial score (nSPS) is 21.6. The van der Waals surface area contributed by atoms with Gasteiger partial charge in [-0.3, -0.25) is 4.79 Å². The van der Waals surface area contributed by atoms with E-state index < -0.39 is 0 Å². The molecule has 7 heteroatoms. The number of amides is 1. The highest BCUT2D eigenvalue weighted by molar-refractivity contribution is 7.99. The first-order valence-electron chi connectivity index (χ1n) is 7.37. The Kier molecular flexibility index (Phi) is 3.34. The summed E-state index contributed by atoms with van der Waals surface area (Å²) >= 11 is 1.58. The summed E-state index contributed by atoms with van der Waals surface area (Å²) in [6.45, 7) is 0.737. The number of nitrogens with zero attached hydrogens (tertiary/aromatic N) is 3. The highest BCUT2D eigenvalue weighted by Gasteiger charge is 2.44. The minimum Gasteiger partial charge on any atom is -0.308 e. The lowest BCUT2D eigenvalue weighted by molar-refractivity contribution is -0.117. The molecule has 0 bridgehead atoms. The highest BCUT2D eigenvalue weighted by atomic mass is 32.2. The van der Waals surface area contributed by atoms with Crippen molar-refractivity contribution in [2.24, 2.45) is 5.92 Å². The van der Waals surface area contributed by atoms with Crippen LogP contribution in [-0.2, 0) is 11.3 Å². The van der Waals surface area contributed by atoms with Gasteiger partial charge in [-0.15, -0.1) is 0 Å². The van der Waals surface area contributed by atoms with Crippen LogP contribution in [0.2, 0.25) is 0 Å². The fourth-order valence-electron chi connectivity index (χ4n) is 2.98. The van der Waals surface area contributed by atoms with E-state index in [2.05, 4.69) is 16.4 Å². The van der Waals surface area contributed by atoms with Crippen LogP contribution < -0.4 is 5.32 Å². The SMILES string of the molecule is N#Cc1c(NC(=O)[C@H]2C[C@@H]2c2cccc(F)c2)nc2n1CCS2. The van der Waals surface area contributed by atoms with E-state index in [1.54, 1.807) is 17.8 Å². The Morgan fingerprint density at radius 2 is 2.39 bits per heavy atom. The molecule has 1 aromatic heterocycles. The van der Waals surface area contributed by atoms with E-state index in [4.69, 9.17) is 0 Å². The molecule has 1 N–H and O–H groups in total. The smallest absolute Gasteiger partial charge is 0.229 e. The molecule has 2 aromatic rings. The van der Waals surface area contributed by atoms with Gasteiger partial charge in [0.15, 0.2) is 16.7 Å². The summed E-state index contributed by atoms with van der Waals surface area (Å²) in [5, 5.41) is 12.8. The predicted octanol–water partition coefficient (Wildman–Crippen LogP) is 2.74. The van der Waals surface area contributed by atoms with E-state index in [1.807, 2.05) is 10.6 Å². The van der Waals surface area contributed by atoms with Gasteiger partial charge in [0.05, 0.1) is 0 Å². The lowest BCUT2D eigenvalue weighted by Gasteiger charge is -2.04. The van der Waals surface area contributed by atoms with Gasteiger partial charge in [0.25, 0.3) is 0 Å². The van der Waals surface area contributed by atoms with Gasteiger partial charge in [-0.05, 0) is 30.0 Å². The lowest BCUT2D eigenvalue weighted by Crippen LogP contribution is -2.16. The van der Waals surface area contributed by atoms with Crippen LogP contribution in [0.3, 0.4) is 0 Å². The Labute approximate surface area is 136 Å². The first-order valence-corrected chi connectivity index (χ1v) is 8.35. The van der Waals surface area contributed by atoms with Gasteiger partial charge in [0.1, 0.15) is 11.9 Å². The number of halogens is 1. The van der Waals surface area contributed by atoms with Gasteiger partial charge in [-0.25, -0.2) is 9.37 Å². The Morgan fingerprint density at radius 3 is 3.17 bits per heavy atom. The lowest BCUT2D eigenvalue weighted by atomic mass is 10.1. The average molecular weight is 328 g/mol. The van der Waals surface area contributed by atoms with Crippen molar-refractivity contribution in [1.29, 1.82) is 5.26 Å². The van der Waals surface area contributed by atoms with Crippen molar-refractivity contribution < 1.29 is 9.18 Å². The second kappa shape index (κ2) is 5.39. The van der Waals surface area contributed by atoms with Gasteiger partial charge < -0.3 is 9.88 Å². The van der Waals surface area contributed by atoms with Crippen molar-refractivity contribution >= 4 is 23.5 Å². The van der Waals surface area contributed by atoms with Gasteiger partial charge in [-0.1, -0.05) is 23.9 Å². The number of fused-ring (bicyclic) bond motifs is 1. The van der Waals surface area contributed by atoms with Crippen molar-refractivity contribution in [3.63, 3.8) is 0 Å². The van der Waals surface area contributed by atoms with Crippen molar-refractivity contribution in [2.45, 2.75) is 24.0 Å². The maximum atomic E-state index is 13.3. The molecule has 2 aliphatic rings. The number of anilines is 1. The molecule has 1 amide bonds. The van der Waals surface area contributed by atoms with Crippen LogP contribution in [0.5, 0.6) is 0 Å². The van der Waals surface area contributed by atoms with Gasteiger partial charge >= 0.3 is 0 Å². The molecule has 1 aliphatic carbocycles. The molecule has 0 unspecified atom stereocenters. The molecule has 2 atom stereocenters. The van der Waals surface area contributed by atoms with E-state index >= 15 is 0 Å². The predicted molar refractivity (Wildman–Crippen MR) is 83.5 cm³/mol. The van der Waals surface area contributed by atoms with E-state index in [0.717, 1.165) is 23.0 Å². The zero-order valence-corrected chi connectivity index (χ0v) is 12.9. The fourth-order valence-corrected chi connectivity index (χ4v) is 3.93. The molecule has 0 spiro atoms. The van der Waals surface area contributed by atoms with Crippen LogP contribution in [0.15, 0.2) is 29.4 Å². The minimum absolute atomic E-state index is 0.0417. The van der Waals surface area contributed by atoms with E-state index in [1.165, 1.54) is 12.1 Å². The second-order valence-electron chi connectivity index (χ2n) is 5.70. The number of carbonyl (C=O) groups excluding carboxylic acids is 1. The third-order valence-corrected chi connectivity index (χ3v) is 5.19. The number of aromatic nitrogens is 2. The Balaban J connectivity index is 1.49. The fraction of sp³-hybridized carbons (Fsp3) is 0.312. The Hall–Kier alpha value is -2.33. The summed E-state index contributed by atoms with van der Waals surface area (Å²) in [5.74, 6) is 0.646. The van der Waals surface area contributed by atoms with Crippen LogP contribution in [0.4, 0.5) is 10.2 Å². The molecule has 4 rings (SSSR count). The third kappa shape index (κ3) is 2.49. The monoisotopic (exact) mass is 328 g/mol. The molecule has 1 saturated carbocycles. The number of carbonyl (C=O) groups is 1. The van der Waals surface area contributed by atoms with Crippen LogP contribution in [0.25, 0.3) is 0 Å². The van der Waals surface area contributed by atoms with Crippen LogP contribution in [0, 0.1) is 23.1 Å². The molecule has 1 aliphatic heterocycles. The number of rotatable bonds is 3. The summed E-state index contributed by atoms with van der Waals surface area (Å²) in [6, 6.07) is 8.47. The van der Waals surface area contributed by atoms with E-state index in [0.29, 0.717) is 17.9 Å². The summed E-state index contributed by atoms with van der Waals surface area (Å²) in [7, 11) is 0. The molecular formula is C16H13FN4OS. The average Bonchev–Trinajstić information content (AvgIpc) is 3.11. The zero-order valence-electron chi connectivity index (χ0n) is 12.1. The molecule has 1 aromatic carbocycles. The van der Waals surface area contributed by atoms with E-state index in [-0.39, 0.29) is 23.6 Å². The first-order chi connectivity index (χ1) is 11.2. The molecule has 23 heavy (non-hydrogen) atoms. The van der Waals surface area contributed by atoms with Crippen molar-refractivity contribution in [2.75, 3.05) is 11.1 Å². The van der Waals surface area contributed by atoms with Gasteiger partial charge in [-0.2, -0.15) is 5.26 Å². The van der Waals surface area contributed by atoms with Gasteiger partial charge in [0.2, 0.25) is 5.91 Å². The molecule has 5 nitrogen and oxygen atoms in total. The number of thioether (sulfide) groups is 1. The first kappa shape index (κ1) is 14.3. The number of nitrogens with one attached hydrogen (secondary N) is 1. The number of benzene rings is 1. The number of hydrogen-bond acceptors (Lipinski definition) is 4. The van der Waals surface area contributed by atoms with Crippen LogP contribution >= 0.6 is 11.8 Å². The molecule has 2 heterocycles. The number of nitriles is 1. The summed E-state index contributed by atoms with van der Waals surface area (Å²) in [6.07, 6.45) is 0.694. The maximum absolute atomic E-state index is 13.3. The topological polar surface area (TPSA) is 70.7 Å². The quantitative estimate of drug-likeness (QED) is 0.940. The third-order valence-electron chi connectivity index (χ3n) is 4.23. The molecule has 116 valence electrons. The largest absolute Gasteiger partial charge is 0.308 e.